The van der Waals surface area contributed by atoms with E-state index in [2.05, 4.69) is 29.4 Å². The highest BCUT2D eigenvalue weighted by molar-refractivity contribution is 7.80. The largest absolute Gasteiger partial charge is 0.497 e. The van der Waals surface area contributed by atoms with E-state index >= 15 is 0 Å². The van der Waals surface area contributed by atoms with Gasteiger partial charge in [-0.2, -0.15) is 0 Å². The summed E-state index contributed by atoms with van der Waals surface area (Å²) in [4.78, 5) is 18.0. The minimum absolute atomic E-state index is 0.00576. The first-order chi connectivity index (χ1) is 17.0. The molecule has 1 aromatic heterocycles. The van der Waals surface area contributed by atoms with E-state index in [1.165, 1.54) is 0 Å². The van der Waals surface area contributed by atoms with Crippen LogP contribution in [0, 0.1) is 0 Å². The van der Waals surface area contributed by atoms with Gasteiger partial charge >= 0.3 is 0 Å². The fourth-order valence-electron chi connectivity index (χ4n) is 4.02. The number of aromatic nitrogens is 1. The molecule has 0 aliphatic heterocycles. The Morgan fingerprint density at radius 2 is 1.66 bits per heavy atom. The highest BCUT2D eigenvalue weighted by Crippen LogP contribution is 2.23. The van der Waals surface area contributed by atoms with Crippen LogP contribution in [0.3, 0.4) is 0 Å². The molecule has 180 valence electrons. The average Bonchev–Trinajstić information content (AvgIpc) is 2.89. The highest BCUT2D eigenvalue weighted by Gasteiger charge is 2.18. The first-order valence-electron chi connectivity index (χ1n) is 11.4. The summed E-state index contributed by atoms with van der Waals surface area (Å²) in [5, 5.41) is 4.92. The average molecular weight is 488 g/mol. The molecule has 7 heteroatoms. The minimum atomic E-state index is -0.158. The maximum absolute atomic E-state index is 13.0. The van der Waals surface area contributed by atoms with Gasteiger partial charge in [-0.25, -0.2) is 0 Å². The highest BCUT2D eigenvalue weighted by atomic mass is 32.1. The summed E-state index contributed by atoms with van der Waals surface area (Å²) < 4.78 is 10.8. The third-order valence-corrected chi connectivity index (χ3v) is 6.35. The van der Waals surface area contributed by atoms with Crippen LogP contribution in [0.15, 0.2) is 83.7 Å². The number of H-pyrrole nitrogens is 1. The van der Waals surface area contributed by atoms with E-state index in [9.17, 15) is 4.79 Å². The van der Waals surface area contributed by atoms with Gasteiger partial charge in [-0.15, -0.1) is 0 Å². The Morgan fingerprint density at radius 3 is 2.40 bits per heavy atom. The number of benzene rings is 3. The Bertz CT molecular complexity index is 1370. The molecule has 4 aromatic rings. The quantitative estimate of drug-likeness (QED) is 0.334. The molecule has 4 rings (SSSR count). The lowest BCUT2D eigenvalue weighted by atomic mass is 10.1. The van der Waals surface area contributed by atoms with Crippen molar-refractivity contribution in [1.82, 2.24) is 15.2 Å². The lowest BCUT2D eigenvalue weighted by molar-refractivity contribution is 0.368. The normalized spacial score (nSPS) is 11.6. The second-order valence-electron chi connectivity index (χ2n) is 8.33. The van der Waals surface area contributed by atoms with Crippen LogP contribution < -0.4 is 20.3 Å². The van der Waals surface area contributed by atoms with Gasteiger partial charge in [0.15, 0.2) is 5.11 Å². The first kappa shape index (κ1) is 24.3. The number of para-hydroxylation sites is 1. The minimum Gasteiger partial charge on any atom is -0.497 e. The molecule has 0 aliphatic rings. The number of thiocarbonyl (C=S) groups is 1. The predicted octanol–water partition coefficient (Wildman–Crippen LogP) is 5.18. The molecule has 35 heavy (non-hydrogen) atoms. The summed E-state index contributed by atoms with van der Waals surface area (Å²) in [6.07, 6.45) is 0. The molecule has 1 atom stereocenters. The van der Waals surface area contributed by atoms with Crippen molar-refractivity contribution >= 4 is 28.2 Å². The number of methoxy groups -OCH3 is 2. The molecule has 0 bridgehead atoms. The number of hydrogen-bond acceptors (Lipinski definition) is 4. The van der Waals surface area contributed by atoms with Gasteiger partial charge in [-0.3, -0.25) is 4.79 Å². The maximum atomic E-state index is 13.0. The first-order valence-corrected chi connectivity index (χ1v) is 11.8. The number of fused-ring (bicyclic) bond motifs is 1. The molecule has 0 saturated carbocycles. The van der Waals surface area contributed by atoms with Gasteiger partial charge in [0.25, 0.3) is 5.56 Å². The van der Waals surface area contributed by atoms with Crippen molar-refractivity contribution in [3.05, 3.63) is 106 Å². The van der Waals surface area contributed by atoms with E-state index in [0.717, 1.165) is 27.8 Å². The maximum Gasteiger partial charge on any atom is 0.253 e. The third kappa shape index (κ3) is 5.81. The molecule has 0 fully saturated rings. The van der Waals surface area contributed by atoms with Crippen LogP contribution in [0.2, 0.25) is 0 Å². The van der Waals surface area contributed by atoms with Gasteiger partial charge in [-0.05, 0) is 54.4 Å². The van der Waals surface area contributed by atoms with Crippen LogP contribution >= 0.6 is 12.2 Å². The summed E-state index contributed by atoms with van der Waals surface area (Å²) in [5.41, 5.74) is 3.30. The summed E-state index contributed by atoms with van der Waals surface area (Å²) in [7, 11) is 3.26. The molecule has 0 radical (unpaired) electrons. The van der Waals surface area contributed by atoms with Crippen molar-refractivity contribution in [2.24, 2.45) is 0 Å². The van der Waals surface area contributed by atoms with E-state index in [1.807, 2.05) is 71.6 Å². The van der Waals surface area contributed by atoms with Gasteiger partial charge in [-0.1, -0.05) is 48.5 Å². The van der Waals surface area contributed by atoms with Gasteiger partial charge in [0, 0.05) is 23.7 Å². The Kier molecular flexibility index (Phi) is 7.67. The number of ether oxygens (including phenoxy) is 2. The van der Waals surface area contributed by atoms with E-state index in [0.29, 0.717) is 29.5 Å². The van der Waals surface area contributed by atoms with Crippen LogP contribution in [0.25, 0.3) is 10.9 Å². The third-order valence-electron chi connectivity index (χ3n) is 5.97. The van der Waals surface area contributed by atoms with Crippen LogP contribution in [-0.4, -0.2) is 29.2 Å². The zero-order chi connectivity index (χ0) is 24.8. The van der Waals surface area contributed by atoms with E-state index in [4.69, 9.17) is 21.7 Å². The SMILES string of the molecule is COc1ccc2cc(CN(Cc3ccccc3OC)C(=S)N[C@H](C)c3ccccc3)c(=O)[nH]c2c1. The second-order valence-corrected chi connectivity index (χ2v) is 8.71. The number of nitrogens with zero attached hydrogens (tertiary/aromatic N) is 1. The fourth-order valence-corrected chi connectivity index (χ4v) is 4.32. The molecule has 0 saturated heterocycles. The standard InChI is InChI=1S/C28H29N3O3S/c1-19(20-9-5-4-6-10-20)29-28(35)31(17-22-11-7-8-12-26(22)34-3)18-23-15-21-13-14-24(33-2)16-25(21)30-27(23)32/h4-16,19H,17-18H2,1-3H3,(H,29,35)(H,30,32)/t19-/m1/s1. The number of rotatable bonds is 8. The van der Waals surface area contributed by atoms with Gasteiger partial charge in [0.2, 0.25) is 0 Å². The molecular weight excluding hydrogens is 458 g/mol. The zero-order valence-electron chi connectivity index (χ0n) is 20.1. The molecule has 6 nitrogen and oxygen atoms in total. The molecule has 0 aliphatic carbocycles. The Balaban J connectivity index is 1.65. The summed E-state index contributed by atoms with van der Waals surface area (Å²) in [6, 6.07) is 25.5. The summed E-state index contributed by atoms with van der Waals surface area (Å²) >= 11 is 5.85. The van der Waals surface area contributed by atoms with Crippen molar-refractivity contribution < 1.29 is 9.47 Å². The van der Waals surface area contributed by atoms with Crippen LogP contribution in [0.1, 0.15) is 29.7 Å². The van der Waals surface area contributed by atoms with Crippen molar-refractivity contribution in [1.29, 1.82) is 0 Å². The Hall–Kier alpha value is -3.84. The number of nitrogens with one attached hydrogen (secondary N) is 2. The number of aromatic amines is 1. The predicted molar refractivity (Wildman–Crippen MR) is 144 cm³/mol. The number of pyridine rings is 1. The topological polar surface area (TPSA) is 66.6 Å². The smallest absolute Gasteiger partial charge is 0.253 e. The van der Waals surface area contributed by atoms with Crippen molar-refractivity contribution in [2.75, 3.05) is 14.2 Å². The Morgan fingerprint density at radius 1 is 0.943 bits per heavy atom. The fraction of sp³-hybridized carbons (Fsp3) is 0.214. The van der Waals surface area contributed by atoms with Crippen molar-refractivity contribution in [2.45, 2.75) is 26.1 Å². The monoisotopic (exact) mass is 487 g/mol. The molecule has 0 amide bonds. The van der Waals surface area contributed by atoms with Gasteiger partial charge in [0.05, 0.1) is 32.3 Å². The van der Waals surface area contributed by atoms with E-state index in [-0.39, 0.29) is 11.6 Å². The van der Waals surface area contributed by atoms with Gasteiger partial charge < -0.3 is 24.7 Å². The lowest BCUT2D eigenvalue weighted by Gasteiger charge is -2.29. The van der Waals surface area contributed by atoms with Crippen LogP contribution in [0.4, 0.5) is 0 Å². The van der Waals surface area contributed by atoms with E-state index < -0.39 is 0 Å². The van der Waals surface area contributed by atoms with Crippen molar-refractivity contribution in [3.63, 3.8) is 0 Å². The lowest BCUT2D eigenvalue weighted by Crippen LogP contribution is -2.41. The molecular formula is C28H29N3O3S. The molecule has 2 N–H and O–H groups in total. The van der Waals surface area contributed by atoms with E-state index in [1.54, 1.807) is 14.2 Å². The molecule has 1 heterocycles. The summed E-state index contributed by atoms with van der Waals surface area (Å²) in [5.74, 6) is 1.47. The van der Waals surface area contributed by atoms with Crippen molar-refractivity contribution in [3.8, 4) is 11.5 Å². The molecule has 3 aromatic carbocycles. The van der Waals surface area contributed by atoms with Crippen LogP contribution in [-0.2, 0) is 13.1 Å². The molecule has 0 unspecified atom stereocenters. The zero-order valence-corrected chi connectivity index (χ0v) is 20.9. The van der Waals surface area contributed by atoms with Gasteiger partial charge in [0.1, 0.15) is 11.5 Å². The number of hydrogen-bond donors (Lipinski definition) is 2. The summed E-state index contributed by atoms with van der Waals surface area (Å²) in [6.45, 7) is 2.89. The molecule has 0 spiro atoms. The second kappa shape index (κ2) is 11.1. The van der Waals surface area contributed by atoms with Crippen LogP contribution in [0.5, 0.6) is 11.5 Å². The Labute approximate surface area is 210 Å².